The number of nitrogens with zero attached hydrogens (tertiary/aromatic N) is 1. The van der Waals surface area contributed by atoms with Gasteiger partial charge < -0.3 is 5.32 Å². The summed E-state index contributed by atoms with van der Waals surface area (Å²) in [5.74, 6) is -0.752. The van der Waals surface area contributed by atoms with Crippen LogP contribution >= 0.6 is 11.3 Å². The van der Waals surface area contributed by atoms with Gasteiger partial charge in [-0.2, -0.15) is 18.4 Å². The van der Waals surface area contributed by atoms with Gasteiger partial charge in [0, 0.05) is 15.4 Å². The zero-order valence-electron chi connectivity index (χ0n) is 11.9. The predicted molar refractivity (Wildman–Crippen MR) is 82.7 cm³/mol. The van der Waals surface area contributed by atoms with Crippen molar-refractivity contribution in [3.05, 3.63) is 57.3 Å². The summed E-state index contributed by atoms with van der Waals surface area (Å²) in [5.41, 5.74) is -1.07. The molecule has 3 nitrogen and oxygen atoms in total. The third kappa shape index (κ3) is 4.44. The molecule has 0 fully saturated rings. The zero-order chi connectivity index (χ0) is 17.0. The highest BCUT2D eigenvalue weighted by Crippen LogP contribution is 2.30. The molecule has 1 heterocycles. The number of carbonyl (C=O) groups is 1. The minimum Gasteiger partial charge on any atom is -0.321 e. The Kier molecular flexibility index (Phi) is 4.86. The van der Waals surface area contributed by atoms with E-state index in [9.17, 15) is 18.0 Å². The van der Waals surface area contributed by atoms with E-state index >= 15 is 0 Å². The van der Waals surface area contributed by atoms with Gasteiger partial charge in [-0.1, -0.05) is 6.07 Å². The molecule has 118 valence electrons. The van der Waals surface area contributed by atoms with Crippen molar-refractivity contribution in [2.75, 3.05) is 5.32 Å². The molecular formula is C16H11F3N2OS. The first kappa shape index (κ1) is 16.8. The Bertz CT molecular complexity index is 800. The van der Waals surface area contributed by atoms with Crippen molar-refractivity contribution in [3.8, 4) is 6.07 Å². The van der Waals surface area contributed by atoms with E-state index < -0.39 is 17.6 Å². The summed E-state index contributed by atoms with van der Waals surface area (Å²) < 4.78 is 37.9. The summed E-state index contributed by atoms with van der Waals surface area (Å²) in [6.45, 7) is 1.89. The molecule has 0 radical (unpaired) electrons. The summed E-state index contributed by atoms with van der Waals surface area (Å²) in [4.78, 5) is 13.8. The second-order valence-electron chi connectivity index (χ2n) is 4.65. The van der Waals surface area contributed by atoms with Crippen molar-refractivity contribution in [2.24, 2.45) is 0 Å². The lowest BCUT2D eigenvalue weighted by Crippen LogP contribution is -2.14. The lowest BCUT2D eigenvalue weighted by atomic mass is 10.1. The molecule has 1 aromatic heterocycles. The molecule has 0 aliphatic heterocycles. The van der Waals surface area contributed by atoms with Gasteiger partial charge in [-0.3, -0.25) is 4.79 Å². The van der Waals surface area contributed by atoms with Gasteiger partial charge in [-0.05, 0) is 43.3 Å². The summed E-state index contributed by atoms with van der Waals surface area (Å²) in [6, 6.07) is 9.61. The van der Waals surface area contributed by atoms with Gasteiger partial charge in [0.05, 0.1) is 5.56 Å². The number of hydrogen-bond acceptors (Lipinski definition) is 3. The largest absolute Gasteiger partial charge is 0.416 e. The average molecular weight is 336 g/mol. The second kappa shape index (κ2) is 6.67. The van der Waals surface area contributed by atoms with E-state index in [4.69, 9.17) is 5.26 Å². The van der Waals surface area contributed by atoms with Crippen LogP contribution in [0.3, 0.4) is 0 Å². The number of benzene rings is 1. The minimum atomic E-state index is -4.50. The van der Waals surface area contributed by atoms with Crippen LogP contribution < -0.4 is 5.32 Å². The van der Waals surface area contributed by atoms with Crippen molar-refractivity contribution in [2.45, 2.75) is 13.1 Å². The lowest BCUT2D eigenvalue weighted by molar-refractivity contribution is -0.137. The van der Waals surface area contributed by atoms with Gasteiger partial charge in [-0.25, -0.2) is 0 Å². The molecule has 0 saturated heterocycles. The normalized spacial score (nSPS) is 11.9. The Hall–Kier alpha value is -2.59. The fourth-order valence-electron chi connectivity index (χ4n) is 1.79. The highest BCUT2D eigenvalue weighted by molar-refractivity contribution is 7.12. The zero-order valence-corrected chi connectivity index (χ0v) is 12.8. The van der Waals surface area contributed by atoms with Crippen LogP contribution in [-0.4, -0.2) is 5.91 Å². The van der Waals surface area contributed by atoms with E-state index in [1.54, 1.807) is 12.1 Å². The van der Waals surface area contributed by atoms with Crippen molar-refractivity contribution >= 4 is 29.0 Å². The molecule has 0 spiro atoms. The van der Waals surface area contributed by atoms with E-state index in [1.165, 1.54) is 29.5 Å². The molecule has 7 heteroatoms. The van der Waals surface area contributed by atoms with Gasteiger partial charge in [0.1, 0.15) is 11.6 Å². The van der Waals surface area contributed by atoms with Crippen LogP contribution in [0.15, 0.2) is 42.0 Å². The van der Waals surface area contributed by atoms with Crippen LogP contribution in [0.1, 0.15) is 15.3 Å². The average Bonchev–Trinajstić information content (AvgIpc) is 2.89. The van der Waals surface area contributed by atoms with E-state index in [-0.39, 0.29) is 11.3 Å². The van der Waals surface area contributed by atoms with Crippen molar-refractivity contribution in [1.29, 1.82) is 5.26 Å². The molecule has 0 unspecified atom stereocenters. The van der Waals surface area contributed by atoms with E-state index in [1.807, 2.05) is 13.0 Å². The SMILES string of the molecule is Cc1ccc(/C=C(/C#N)C(=O)Nc2cccc(C(F)(F)F)c2)s1. The monoisotopic (exact) mass is 336 g/mol. The highest BCUT2D eigenvalue weighted by Gasteiger charge is 2.30. The number of nitrogens with one attached hydrogen (secondary N) is 1. The third-order valence-electron chi connectivity index (χ3n) is 2.86. The van der Waals surface area contributed by atoms with Gasteiger partial charge in [0.2, 0.25) is 0 Å². The lowest BCUT2D eigenvalue weighted by Gasteiger charge is -2.09. The number of hydrogen-bond donors (Lipinski definition) is 1. The molecular weight excluding hydrogens is 325 g/mol. The van der Waals surface area contributed by atoms with E-state index in [2.05, 4.69) is 5.32 Å². The first-order valence-electron chi connectivity index (χ1n) is 6.46. The fourth-order valence-corrected chi connectivity index (χ4v) is 2.61. The van der Waals surface area contributed by atoms with Crippen LogP contribution in [-0.2, 0) is 11.0 Å². The molecule has 1 N–H and O–H groups in total. The Morgan fingerprint density at radius 1 is 1.30 bits per heavy atom. The maximum atomic E-state index is 12.6. The Morgan fingerprint density at radius 2 is 2.04 bits per heavy atom. The van der Waals surface area contributed by atoms with Crippen LogP contribution in [0, 0.1) is 18.3 Å². The molecule has 0 aliphatic rings. The third-order valence-corrected chi connectivity index (χ3v) is 3.81. The number of amides is 1. The van der Waals surface area contributed by atoms with Crippen LogP contribution in [0.2, 0.25) is 0 Å². The minimum absolute atomic E-state index is 0.0201. The van der Waals surface area contributed by atoms with Gasteiger partial charge in [-0.15, -0.1) is 11.3 Å². The van der Waals surface area contributed by atoms with Crippen molar-refractivity contribution in [3.63, 3.8) is 0 Å². The summed E-state index contributed by atoms with van der Waals surface area (Å²) in [6.07, 6.45) is -3.09. The van der Waals surface area contributed by atoms with Crippen molar-refractivity contribution in [1.82, 2.24) is 0 Å². The highest BCUT2D eigenvalue weighted by atomic mass is 32.1. The summed E-state index contributed by atoms with van der Waals surface area (Å²) in [7, 11) is 0. The Balaban J connectivity index is 2.21. The first-order chi connectivity index (χ1) is 10.8. The molecule has 1 aromatic carbocycles. The molecule has 0 bridgehead atoms. The summed E-state index contributed by atoms with van der Waals surface area (Å²) in [5, 5.41) is 11.4. The number of halogens is 3. The van der Waals surface area contributed by atoms with Crippen molar-refractivity contribution < 1.29 is 18.0 Å². The quantitative estimate of drug-likeness (QED) is 0.657. The topological polar surface area (TPSA) is 52.9 Å². The molecule has 2 aromatic rings. The molecule has 1 amide bonds. The molecule has 0 atom stereocenters. The number of nitriles is 1. The number of rotatable bonds is 3. The van der Waals surface area contributed by atoms with Gasteiger partial charge in [0.25, 0.3) is 5.91 Å². The maximum absolute atomic E-state index is 12.6. The van der Waals surface area contributed by atoms with Gasteiger partial charge >= 0.3 is 6.18 Å². The fraction of sp³-hybridized carbons (Fsp3) is 0.125. The number of carbonyl (C=O) groups excluding carboxylic acids is 1. The van der Waals surface area contributed by atoms with Crippen LogP contribution in [0.5, 0.6) is 0 Å². The number of aryl methyl sites for hydroxylation is 1. The second-order valence-corrected chi connectivity index (χ2v) is 5.97. The number of anilines is 1. The predicted octanol–water partition coefficient (Wildman–Crippen LogP) is 4.62. The number of alkyl halides is 3. The Morgan fingerprint density at radius 3 is 2.61 bits per heavy atom. The van der Waals surface area contributed by atoms with Crippen LogP contribution in [0.4, 0.5) is 18.9 Å². The molecule has 2 rings (SSSR count). The summed E-state index contributed by atoms with van der Waals surface area (Å²) >= 11 is 1.40. The van der Waals surface area contributed by atoms with E-state index in [0.29, 0.717) is 0 Å². The molecule has 23 heavy (non-hydrogen) atoms. The maximum Gasteiger partial charge on any atom is 0.416 e. The smallest absolute Gasteiger partial charge is 0.321 e. The first-order valence-corrected chi connectivity index (χ1v) is 7.28. The number of thiophene rings is 1. The molecule has 0 saturated carbocycles. The molecule has 0 aliphatic carbocycles. The van der Waals surface area contributed by atoms with Crippen LogP contribution in [0.25, 0.3) is 6.08 Å². The van der Waals surface area contributed by atoms with E-state index in [0.717, 1.165) is 21.9 Å². The standard InChI is InChI=1S/C16H11F3N2OS/c1-10-5-6-14(23-10)7-11(9-20)15(22)21-13-4-2-3-12(8-13)16(17,18)19/h2-8H,1H3,(H,21,22)/b11-7-. The van der Waals surface area contributed by atoms with Gasteiger partial charge in [0.15, 0.2) is 0 Å². The Labute approximate surface area is 134 Å².